The lowest BCUT2D eigenvalue weighted by Crippen LogP contribution is -2.14. The minimum Gasteiger partial charge on any atom is -0.496 e. The van der Waals surface area contributed by atoms with Crippen LogP contribution in [0.1, 0.15) is 20.0 Å². The normalized spacial score (nSPS) is 10.6. The Hall–Kier alpha value is -3.33. The van der Waals surface area contributed by atoms with Gasteiger partial charge >= 0.3 is 5.97 Å². The van der Waals surface area contributed by atoms with Crippen molar-refractivity contribution in [1.82, 2.24) is 0 Å². The van der Waals surface area contributed by atoms with Gasteiger partial charge in [-0.3, -0.25) is 14.9 Å². The number of carbonyl (C=O) groups is 2. The molecule has 0 amide bonds. The van der Waals surface area contributed by atoms with Gasteiger partial charge in [0, 0.05) is 22.2 Å². The standard InChI is InChI=1S/C18H12FNO6S/c1-25-15-4-2-11(19)8-13(15)14(21)9-26-18(22)17-7-10-6-12(20(23)24)3-5-16(10)27-17/h2-8H,9H2,1H3. The average molecular weight is 389 g/mol. The number of halogens is 1. The van der Waals surface area contributed by atoms with Crippen LogP contribution in [-0.4, -0.2) is 30.4 Å². The molecule has 27 heavy (non-hydrogen) atoms. The lowest BCUT2D eigenvalue weighted by Gasteiger charge is -2.08. The molecular weight excluding hydrogens is 377 g/mol. The van der Waals surface area contributed by atoms with Crippen LogP contribution >= 0.6 is 11.3 Å². The number of Topliss-reactive ketones (excluding diaryl/α,β-unsaturated/α-hetero) is 1. The first-order valence-corrected chi connectivity index (χ1v) is 8.42. The number of ether oxygens (including phenoxy) is 2. The van der Waals surface area contributed by atoms with Crippen molar-refractivity contribution in [1.29, 1.82) is 0 Å². The summed E-state index contributed by atoms with van der Waals surface area (Å²) in [7, 11) is 1.34. The van der Waals surface area contributed by atoms with Gasteiger partial charge < -0.3 is 9.47 Å². The van der Waals surface area contributed by atoms with Crippen LogP contribution < -0.4 is 4.74 Å². The summed E-state index contributed by atoms with van der Waals surface area (Å²) in [5.41, 5.74) is -0.120. The summed E-state index contributed by atoms with van der Waals surface area (Å²) < 4.78 is 24.0. The number of nitro benzene ring substituents is 1. The zero-order valence-electron chi connectivity index (χ0n) is 13.9. The zero-order valence-corrected chi connectivity index (χ0v) is 14.7. The molecule has 0 N–H and O–H groups in total. The van der Waals surface area contributed by atoms with Gasteiger partial charge in [0.2, 0.25) is 5.78 Å². The first kappa shape index (κ1) is 18.5. The molecule has 0 saturated heterocycles. The summed E-state index contributed by atoms with van der Waals surface area (Å²) in [5.74, 6) is -1.80. The van der Waals surface area contributed by atoms with E-state index in [-0.39, 0.29) is 21.9 Å². The topological polar surface area (TPSA) is 95.7 Å². The number of thiophene rings is 1. The maximum absolute atomic E-state index is 13.4. The van der Waals surface area contributed by atoms with Crippen molar-refractivity contribution in [3.05, 3.63) is 68.8 Å². The molecule has 1 aromatic heterocycles. The van der Waals surface area contributed by atoms with Gasteiger partial charge in [-0.25, -0.2) is 9.18 Å². The van der Waals surface area contributed by atoms with E-state index in [1.54, 1.807) is 0 Å². The molecular formula is C18H12FNO6S. The van der Waals surface area contributed by atoms with Crippen molar-refractivity contribution >= 4 is 38.9 Å². The third-order valence-electron chi connectivity index (χ3n) is 3.71. The Morgan fingerprint density at radius 2 is 1.96 bits per heavy atom. The summed E-state index contributed by atoms with van der Waals surface area (Å²) in [6, 6.07) is 9.16. The minimum atomic E-state index is -0.748. The van der Waals surface area contributed by atoms with E-state index < -0.39 is 29.1 Å². The molecule has 0 saturated carbocycles. The highest BCUT2D eigenvalue weighted by molar-refractivity contribution is 7.20. The number of rotatable bonds is 6. The van der Waals surface area contributed by atoms with Crippen molar-refractivity contribution in [3.8, 4) is 5.75 Å². The lowest BCUT2D eigenvalue weighted by atomic mass is 10.1. The molecule has 9 heteroatoms. The van der Waals surface area contributed by atoms with E-state index in [1.807, 2.05) is 0 Å². The van der Waals surface area contributed by atoms with E-state index in [0.29, 0.717) is 10.1 Å². The van der Waals surface area contributed by atoms with Crippen LogP contribution in [-0.2, 0) is 4.74 Å². The predicted molar refractivity (Wildman–Crippen MR) is 96.0 cm³/mol. The van der Waals surface area contributed by atoms with Crippen molar-refractivity contribution < 1.29 is 28.4 Å². The first-order chi connectivity index (χ1) is 12.9. The average Bonchev–Trinajstić information content (AvgIpc) is 3.09. The van der Waals surface area contributed by atoms with Gasteiger partial charge in [0.1, 0.15) is 16.4 Å². The highest BCUT2D eigenvalue weighted by Crippen LogP contribution is 2.29. The smallest absolute Gasteiger partial charge is 0.348 e. The number of nitro groups is 1. The van der Waals surface area contributed by atoms with Gasteiger partial charge in [-0.15, -0.1) is 11.3 Å². The Morgan fingerprint density at radius 1 is 1.19 bits per heavy atom. The van der Waals surface area contributed by atoms with E-state index >= 15 is 0 Å². The third-order valence-corrected chi connectivity index (χ3v) is 4.80. The molecule has 0 aliphatic carbocycles. The van der Waals surface area contributed by atoms with Crippen molar-refractivity contribution in [3.63, 3.8) is 0 Å². The molecule has 0 radical (unpaired) electrons. The molecule has 0 spiro atoms. The molecule has 0 fully saturated rings. The second kappa shape index (κ2) is 7.50. The van der Waals surface area contributed by atoms with Gasteiger partial charge in [0.25, 0.3) is 5.69 Å². The largest absolute Gasteiger partial charge is 0.496 e. The first-order valence-electron chi connectivity index (χ1n) is 7.61. The Bertz CT molecular complexity index is 1060. The summed E-state index contributed by atoms with van der Waals surface area (Å²) in [4.78, 5) is 34.9. The van der Waals surface area contributed by atoms with Crippen LogP contribution in [0.2, 0.25) is 0 Å². The number of nitrogens with zero attached hydrogens (tertiary/aromatic N) is 1. The fraction of sp³-hybridized carbons (Fsp3) is 0.111. The molecule has 0 bridgehead atoms. The van der Waals surface area contributed by atoms with E-state index in [2.05, 4.69) is 0 Å². The number of fused-ring (bicyclic) bond motifs is 1. The maximum Gasteiger partial charge on any atom is 0.348 e. The fourth-order valence-electron chi connectivity index (χ4n) is 2.42. The van der Waals surface area contributed by atoms with Crippen molar-refractivity contribution in [2.75, 3.05) is 13.7 Å². The lowest BCUT2D eigenvalue weighted by molar-refractivity contribution is -0.384. The van der Waals surface area contributed by atoms with Crippen molar-refractivity contribution in [2.24, 2.45) is 0 Å². The van der Waals surface area contributed by atoms with Gasteiger partial charge in [-0.05, 0) is 30.3 Å². The number of methoxy groups -OCH3 is 1. The SMILES string of the molecule is COc1ccc(F)cc1C(=O)COC(=O)c1cc2cc([N+](=O)[O-])ccc2s1. The highest BCUT2D eigenvalue weighted by Gasteiger charge is 2.18. The molecule has 3 rings (SSSR count). The summed E-state index contributed by atoms with van der Waals surface area (Å²) >= 11 is 1.09. The summed E-state index contributed by atoms with van der Waals surface area (Å²) in [6.45, 7) is -0.590. The van der Waals surface area contributed by atoms with Crippen LogP contribution in [0.25, 0.3) is 10.1 Å². The molecule has 0 aliphatic rings. The van der Waals surface area contributed by atoms with E-state index in [0.717, 1.165) is 23.5 Å². The molecule has 7 nitrogen and oxygen atoms in total. The molecule has 138 valence electrons. The number of esters is 1. The van der Waals surface area contributed by atoms with E-state index in [1.165, 1.54) is 37.4 Å². The van der Waals surface area contributed by atoms with Gasteiger partial charge in [0.15, 0.2) is 6.61 Å². The molecule has 0 atom stereocenters. The molecule has 2 aromatic carbocycles. The van der Waals surface area contributed by atoms with Crippen LogP contribution in [0.3, 0.4) is 0 Å². The van der Waals surface area contributed by atoms with E-state index in [4.69, 9.17) is 9.47 Å². The number of ketones is 1. The predicted octanol–water partition coefficient (Wildman–Crippen LogP) is 4.00. The molecule has 3 aromatic rings. The highest BCUT2D eigenvalue weighted by atomic mass is 32.1. The second-order valence-electron chi connectivity index (χ2n) is 5.43. The quantitative estimate of drug-likeness (QED) is 0.274. The van der Waals surface area contributed by atoms with Crippen LogP contribution in [0, 0.1) is 15.9 Å². The third kappa shape index (κ3) is 3.93. The van der Waals surface area contributed by atoms with Crippen LogP contribution in [0.5, 0.6) is 5.75 Å². The summed E-state index contributed by atoms with van der Waals surface area (Å²) in [5, 5.41) is 11.3. The number of benzene rings is 2. The van der Waals surface area contributed by atoms with Crippen LogP contribution in [0.4, 0.5) is 10.1 Å². The van der Waals surface area contributed by atoms with Crippen LogP contribution in [0.15, 0.2) is 42.5 Å². The molecule has 0 aliphatic heterocycles. The Kier molecular flexibility index (Phi) is 5.13. The second-order valence-corrected chi connectivity index (χ2v) is 6.52. The van der Waals surface area contributed by atoms with Gasteiger partial charge in [-0.1, -0.05) is 0 Å². The number of non-ortho nitro benzene ring substituents is 1. The Labute approximate surface area is 156 Å². The Morgan fingerprint density at radius 3 is 2.67 bits per heavy atom. The molecule has 1 heterocycles. The monoisotopic (exact) mass is 389 g/mol. The zero-order chi connectivity index (χ0) is 19.6. The van der Waals surface area contributed by atoms with Gasteiger partial charge in [0.05, 0.1) is 17.6 Å². The molecule has 0 unspecified atom stereocenters. The van der Waals surface area contributed by atoms with E-state index in [9.17, 15) is 24.1 Å². The number of carbonyl (C=O) groups excluding carboxylic acids is 2. The maximum atomic E-state index is 13.4. The number of hydrogen-bond donors (Lipinski definition) is 0. The van der Waals surface area contributed by atoms with Gasteiger partial charge in [-0.2, -0.15) is 0 Å². The van der Waals surface area contributed by atoms with Crippen molar-refractivity contribution in [2.45, 2.75) is 0 Å². The minimum absolute atomic E-state index is 0.0303. The Balaban J connectivity index is 1.74. The fourth-order valence-corrected chi connectivity index (χ4v) is 3.36. The summed E-state index contributed by atoms with van der Waals surface area (Å²) in [6.07, 6.45) is 0. The number of hydrogen-bond acceptors (Lipinski definition) is 7.